The first-order valence-electron chi connectivity index (χ1n) is 6.05. The van der Waals surface area contributed by atoms with Crippen molar-refractivity contribution in [2.75, 3.05) is 0 Å². The molecule has 0 aromatic carbocycles. The molecule has 0 N–H and O–H groups in total. The Labute approximate surface area is 103 Å². The van der Waals surface area contributed by atoms with Crippen LogP contribution in [0.25, 0.3) is 0 Å². The number of rotatable bonds is 1. The van der Waals surface area contributed by atoms with Crippen LogP contribution in [0.15, 0.2) is 0 Å². The standard InChI is InChI=1S/C12H12O6/c1-2-4-7-5(9(13)17-11(7)15)3-6-8(4)12(16)18-10(6)14/h4-8H,2-3H2,1H3. The van der Waals surface area contributed by atoms with Crippen LogP contribution < -0.4 is 0 Å². The maximum Gasteiger partial charge on any atom is 0.317 e. The summed E-state index contributed by atoms with van der Waals surface area (Å²) in [4.78, 5) is 46.5. The minimum Gasteiger partial charge on any atom is -0.393 e. The number of carbonyl (C=O) groups is 4. The predicted octanol–water partition coefficient (Wildman–Crippen LogP) is 0.0479. The van der Waals surface area contributed by atoms with E-state index in [2.05, 4.69) is 9.47 Å². The first-order chi connectivity index (χ1) is 8.54. The molecule has 0 aromatic heterocycles. The van der Waals surface area contributed by atoms with Gasteiger partial charge >= 0.3 is 23.9 Å². The molecule has 18 heavy (non-hydrogen) atoms. The summed E-state index contributed by atoms with van der Waals surface area (Å²) < 4.78 is 9.27. The van der Waals surface area contributed by atoms with Crippen LogP contribution in [0.3, 0.4) is 0 Å². The van der Waals surface area contributed by atoms with Crippen LogP contribution >= 0.6 is 0 Å². The van der Waals surface area contributed by atoms with Gasteiger partial charge in [0.25, 0.3) is 0 Å². The van der Waals surface area contributed by atoms with Crippen LogP contribution in [0.2, 0.25) is 0 Å². The van der Waals surface area contributed by atoms with Gasteiger partial charge in [-0.25, -0.2) is 0 Å². The van der Waals surface area contributed by atoms with E-state index in [0.29, 0.717) is 6.42 Å². The molecule has 0 amide bonds. The third kappa shape index (κ3) is 1.28. The highest BCUT2D eigenvalue weighted by Crippen LogP contribution is 2.50. The van der Waals surface area contributed by atoms with Crippen LogP contribution in [0.1, 0.15) is 19.8 Å². The molecule has 1 saturated carbocycles. The molecule has 3 fully saturated rings. The number of cyclic esters (lactones) is 4. The highest BCUT2D eigenvalue weighted by molar-refractivity contribution is 6.01. The van der Waals surface area contributed by atoms with E-state index < -0.39 is 47.5 Å². The third-order valence-corrected chi connectivity index (χ3v) is 4.32. The molecule has 2 saturated heterocycles. The van der Waals surface area contributed by atoms with E-state index in [9.17, 15) is 19.2 Å². The normalized spacial score (nSPS) is 42.4. The van der Waals surface area contributed by atoms with Crippen molar-refractivity contribution >= 4 is 23.9 Å². The number of esters is 4. The van der Waals surface area contributed by atoms with Gasteiger partial charge in [-0.1, -0.05) is 13.3 Å². The van der Waals surface area contributed by atoms with Crippen LogP contribution in [0, 0.1) is 29.6 Å². The number of ether oxygens (including phenoxy) is 2. The molecule has 4 unspecified atom stereocenters. The summed E-state index contributed by atoms with van der Waals surface area (Å²) in [5, 5.41) is 0. The van der Waals surface area contributed by atoms with E-state index in [-0.39, 0.29) is 12.3 Å². The summed E-state index contributed by atoms with van der Waals surface area (Å²) in [7, 11) is 0. The second kappa shape index (κ2) is 3.63. The molecule has 2 aliphatic heterocycles. The summed E-state index contributed by atoms with van der Waals surface area (Å²) in [6.45, 7) is 1.83. The molecule has 0 radical (unpaired) electrons. The van der Waals surface area contributed by atoms with E-state index in [1.807, 2.05) is 6.92 Å². The number of fused-ring (bicyclic) bond motifs is 2. The van der Waals surface area contributed by atoms with Gasteiger partial charge in [-0.3, -0.25) is 19.2 Å². The van der Waals surface area contributed by atoms with Gasteiger partial charge in [-0.05, 0) is 12.3 Å². The van der Waals surface area contributed by atoms with Crippen LogP contribution in [0.4, 0.5) is 0 Å². The Kier molecular flexibility index (Phi) is 2.30. The maximum atomic E-state index is 11.7. The molecule has 3 aliphatic rings. The van der Waals surface area contributed by atoms with E-state index in [1.54, 1.807) is 0 Å². The SMILES string of the molecule is CCC1C2C(=O)OC(=O)C2CC2C(=O)OC(=O)C21. The first kappa shape index (κ1) is 11.4. The third-order valence-electron chi connectivity index (χ3n) is 4.32. The molecule has 0 spiro atoms. The Bertz CT molecular complexity index is 427. The van der Waals surface area contributed by atoms with E-state index in [1.165, 1.54) is 0 Å². The highest BCUT2D eigenvalue weighted by atomic mass is 16.6. The quantitative estimate of drug-likeness (QED) is 0.484. The fourth-order valence-electron chi connectivity index (χ4n) is 3.54. The van der Waals surface area contributed by atoms with Gasteiger partial charge in [0.1, 0.15) is 0 Å². The van der Waals surface area contributed by atoms with Crippen molar-refractivity contribution in [1.29, 1.82) is 0 Å². The Balaban J connectivity index is 2.02. The minimum atomic E-state index is -0.595. The molecule has 6 heteroatoms. The van der Waals surface area contributed by atoms with Gasteiger partial charge in [0.05, 0.1) is 23.7 Å². The van der Waals surface area contributed by atoms with Crippen molar-refractivity contribution in [2.24, 2.45) is 29.6 Å². The molecular formula is C12H12O6. The molecular weight excluding hydrogens is 240 g/mol. The number of hydrogen-bond acceptors (Lipinski definition) is 6. The predicted molar refractivity (Wildman–Crippen MR) is 54.6 cm³/mol. The highest BCUT2D eigenvalue weighted by Gasteiger charge is 2.62. The van der Waals surface area contributed by atoms with Crippen molar-refractivity contribution in [3.05, 3.63) is 0 Å². The zero-order valence-corrected chi connectivity index (χ0v) is 9.75. The molecule has 4 atom stereocenters. The van der Waals surface area contributed by atoms with Gasteiger partial charge in [0, 0.05) is 0 Å². The Morgan fingerprint density at radius 1 is 0.889 bits per heavy atom. The van der Waals surface area contributed by atoms with Crippen molar-refractivity contribution in [3.8, 4) is 0 Å². The lowest BCUT2D eigenvalue weighted by atomic mass is 9.62. The van der Waals surface area contributed by atoms with E-state index in [0.717, 1.165) is 0 Å². The molecule has 0 aromatic rings. The lowest BCUT2D eigenvalue weighted by Crippen LogP contribution is -2.42. The van der Waals surface area contributed by atoms with Crippen molar-refractivity contribution in [2.45, 2.75) is 19.8 Å². The average molecular weight is 252 g/mol. The molecule has 1 aliphatic carbocycles. The van der Waals surface area contributed by atoms with Gasteiger partial charge in [-0.2, -0.15) is 0 Å². The Hall–Kier alpha value is -1.72. The van der Waals surface area contributed by atoms with Crippen molar-refractivity contribution in [1.82, 2.24) is 0 Å². The van der Waals surface area contributed by atoms with Crippen LogP contribution in [-0.4, -0.2) is 23.9 Å². The molecule has 3 rings (SSSR count). The Morgan fingerprint density at radius 2 is 1.33 bits per heavy atom. The average Bonchev–Trinajstić information content (AvgIpc) is 2.77. The van der Waals surface area contributed by atoms with Crippen molar-refractivity contribution in [3.63, 3.8) is 0 Å². The molecule has 6 nitrogen and oxygen atoms in total. The first-order valence-corrected chi connectivity index (χ1v) is 6.05. The second-order valence-electron chi connectivity index (χ2n) is 5.05. The monoisotopic (exact) mass is 252 g/mol. The lowest BCUT2D eigenvalue weighted by molar-refractivity contribution is -0.154. The van der Waals surface area contributed by atoms with Gasteiger partial charge in [0.2, 0.25) is 0 Å². The van der Waals surface area contributed by atoms with Crippen LogP contribution in [0.5, 0.6) is 0 Å². The van der Waals surface area contributed by atoms with E-state index in [4.69, 9.17) is 0 Å². The van der Waals surface area contributed by atoms with Gasteiger partial charge in [0.15, 0.2) is 0 Å². The van der Waals surface area contributed by atoms with E-state index >= 15 is 0 Å². The maximum absolute atomic E-state index is 11.7. The zero-order valence-electron chi connectivity index (χ0n) is 9.75. The van der Waals surface area contributed by atoms with Crippen LogP contribution in [-0.2, 0) is 28.7 Å². The fourth-order valence-corrected chi connectivity index (χ4v) is 3.54. The summed E-state index contributed by atoms with van der Waals surface area (Å²) in [5.74, 6) is -5.01. The molecule has 96 valence electrons. The number of hydrogen-bond donors (Lipinski definition) is 0. The summed E-state index contributed by atoms with van der Waals surface area (Å²) in [6.07, 6.45) is 0.716. The molecule has 0 bridgehead atoms. The van der Waals surface area contributed by atoms with Crippen molar-refractivity contribution < 1.29 is 28.7 Å². The topological polar surface area (TPSA) is 86.7 Å². The number of carbonyl (C=O) groups excluding carboxylic acids is 4. The largest absolute Gasteiger partial charge is 0.393 e. The summed E-state index contributed by atoms with van der Waals surface area (Å²) in [6, 6.07) is 0. The van der Waals surface area contributed by atoms with Gasteiger partial charge in [-0.15, -0.1) is 0 Å². The smallest absolute Gasteiger partial charge is 0.317 e. The fraction of sp³-hybridized carbons (Fsp3) is 0.667. The minimum absolute atomic E-state index is 0.182. The summed E-state index contributed by atoms with van der Waals surface area (Å²) >= 11 is 0. The van der Waals surface area contributed by atoms with Gasteiger partial charge < -0.3 is 9.47 Å². The summed E-state index contributed by atoms with van der Waals surface area (Å²) in [5.41, 5.74) is 0. The molecule has 2 heterocycles. The second-order valence-corrected chi connectivity index (χ2v) is 5.05. The Morgan fingerprint density at radius 3 is 1.72 bits per heavy atom. The lowest BCUT2D eigenvalue weighted by Gasteiger charge is -2.34. The zero-order chi connectivity index (χ0) is 13.0.